The molecule has 0 aliphatic carbocycles. The monoisotopic (exact) mass is 281 g/mol. The molecule has 1 heteroatoms. The molecule has 2 rings (SSSR count). The van der Waals surface area contributed by atoms with Crippen molar-refractivity contribution in [2.75, 3.05) is 0 Å². The van der Waals surface area contributed by atoms with E-state index in [-0.39, 0.29) is 0 Å². The molecule has 0 saturated carbocycles. The Hall–Kier alpha value is -1.60. The minimum Gasteiger partial charge on any atom is -0.389 e. The van der Waals surface area contributed by atoms with Gasteiger partial charge < -0.3 is 5.11 Å². The molecule has 1 N–H and O–H groups in total. The van der Waals surface area contributed by atoms with Crippen LogP contribution in [0.5, 0.6) is 0 Å². The van der Waals surface area contributed by atoms with Crippen LogP contribution in [0.4, 0.5) is 0 Å². The van der Waals surface area contributed by atoms with E-state index in [0.717, 1.165) is 6.42 Å². The second-order valence-electron chi connectivity index (χ2n) is 6.26. The number of hydrogen-bond donors (Lipinski definition) is 1. The van der Waals surface area contributed by atoms with Gasteiger partial charge in [-0.2, -0.15) is 0 Å². The Morgan fingerprint density at radius 3 is 1.67 bits per heavy atom. The lowest BCUT2D eigenvalue weighted by atomic mass is 9.83. The minimum atomic E-state index is -0.785. The van der Waals surface area contributed by atoms with E-state index in [9.17, 15) is 5.11 Å². The van der Waals surface area contributed by atoms with Crippen LogP contribution in [0, 0.1) is 12.3 Å². The third-order valence-electron chi connectivity index (χ3n) is 3.68. The summed E-state index contributed by atoms with van der Waals surface area (Å²) < 4.78 is 0. The van der Waals surface area contributed by atoms with Gasteiger partial charge in [0.05, 0.1) is 5.60 Å². The van der Waals surface area contributed by atoms with Gasteiger partial charge in [-0.15, -0.1) is 0 Å². The van der Waals surface area contributed by atoms with Crippen LogP contribution in [0.25, 0.3) is 0 Å². The highest BCUT2D eigenvalue weighted by atomic mass is 16.3. The summed E-state index contributed by atoms with van der Waals surface area (Å²) >= 11 is 0. The minimum absolute atomic E-state index is 0.558. The number of hydrogen-bond acceptors (Lipinski definition) is 1. The van der Waals surface area contributed by atoms with Crippen molar-refractivity contribution in [3.63, 3.8) is 0 Å². The SMILES string of the molecule is CC(C)C[CH]C(O)(Cc1ccccc1)Cc1ccccc1. The summed E-state index contributed by atoms with van der Waals surface area (Å²) in [4.78, 5) is 0. The molecule has 0 unspecified atom stereocenters. The normalized spacial score (nSPS) is 11.8. The smallest absolute Gasteiger partial charge is 0.0759 e. The molecule has 0 spiro atoms. The Morgan fingerprint density at radius 2 is 1.29 bits per heavy atom. The van der Waals surface area contributed by atoms with Gasteiger partial charge in [-0.1, -0.05) is 74.5 Å². The van der Waals surface area contributed by atoms with Crippen LogP contribution in [0.15, 0.2) is 60.7 Å². The Labute approximate surface area is 128 Å². The van der Waals surface area contributed by atoms with Crippen LogP contribution in [0.2, 0.25) is 0 Å². The molecule has 0 atom stereocenters. The third-order valence-corrected chi connectivity index (χ3v) is 3.68. The van der Waals surface area contributed by atoms with Gasteiger partial charge in [-0.25, -0.2) is 0 Å². The quantitative estimate of drug-likeness (QED) is 0.794. The van der Waals surface area contributed by atoms with Crippen LogP contribution in [0.1, 0.15) is 31.4 Å². The Morgan fingerprint density at radius 1 is 0.857 bits per heavy atom. The second kappa shape index (κ2) is 7.42. The standard InChI is InChI=1S/C20H25O/c1-17(2)13-14-20(21,15-18-9-5-3-6-10-18)16-19-11-7-4-8-12-19/h3-12,14,17,21H,13,15-16H2,1-2H3. The van der Waals surface area contributed by atoms with Crippen molar-refractivity contribution < 1.29 is 5.11 Å². The van der Waals surface area contributed by atoms with E-state index in [4.69, 9.17) is 0 Å². The predicted octanol–water partition coefficient (Wildman–Crippen LogP) is 4.45. The molecule has 111 valence electrons. The van der Waals surface area contributed by atoms with Gasteiger partial charge in [-0.3, -0.25) is 0 Å². The lowest BCUT2D eigenvalue weighted by Gasteiger charge is -2.29. The summed E-state index contributed by atoms with van der Waals surface area (Å²) in [6.45, 7) is 4.36. The molecule has 1 radical (unpaired) electrons. The van der Waals surface area contributed by atoms with Crippen molar-refractivity contribution >= 4 is 0 Å². The van der Waals surface area contributed by atoms with E-state index in [2.05, 4.69) is 44.5 Å². The Bertz CT molecular complexity index is 475. The van der Waals surface area contributed by atoms with Crippen molar-refractivity contribution in [1.29, 1.82) is 0 Å². The average molecular weight is 281 g/mol. The lowest BCUT2D eigenvalue weighted by Crippen LogP contribution is -2.35. The maximum Gasteiger partial charge on any atom is 0.0759 e. The Kier molecular flexibility index (Phi) is 5.58. The number of benzene rings is 2. The van der Waals surface area contributed by atoms with Gasteiger partial charge in [-0.05, 0) is 29.9 Å². The summed E-state index contributed by atoms with van der Waals surface area (Å²) in [5.41, 5.74) is 1.57. The molecule has 0 heterocycles. The molecule has 1 nitrogen and oxygen atoms in total. The zero-order valence-corrected chi connectivity index (χ0v) is 13.0. The van der Waals surface area contributed by atoms with Gasteiger partial charge in [0.2, 0.25) is 0 Å². The summed E-state index contributed by atoms with van der Waals surface area (Å²) in [6, 6.07) is 20.5. The largest absolute Gasteiger partial charge is 0.389 e. The number of rotatable bonds is 7. The van der Waals surface area contributed by atoms with E-state index in [1.54, 1.807) is 0 Å². The highest BCUT2D eigenvalue weighted by molar-refractivity contribution is 5.23. The first-order chi connectivity index (χ1) is 10.1. The molecule has 0 amide bonds. The summed E-state index contributed by atoms with van der Waals surface area (Å²) in [5, 5.41) is 11.1. The predicted molar refractivity (Wildman–Crippen MR) is 89.0 cm³/mol. The Balaban J connectivity index is 2.13. The zero-order chi connectivity index (χ0) is 15.1. The van der Waals surface area contributed by atoms with Crippen molar-refractivity contribution in [2.24, 2.45) is 5.92 Å². The van der Waals surface area contributed by atoms with Gasteiger partial charge >= 0.3 is 0 Å². The lowest BCUT2D eigenvalue weighted by molar-refractivity contribution is 0.0690. The molecule has 0 aliphatic heterocycles. The van der Waals surface area contributed by atoms with Crippen LogP contribution >= 0.6 is 0 Å². The maximum atomic E-state index is 11.1. The summed E-state index contributed by atoms with van der Waals surface area (Å²) in [6.07, 6.45) is 4.35. The van der Waals surface area contributed by atoms with Crippen LogP contribution < -0.4 is 0 Å². The molecule has 0 saturated heterocycles. The zero-order valence-electron chi connectivity index (χ0n) is 13.0. The van der Waals surface area contributed by atoms with Gasteiger partial charge in [0.1, 0.15) is 0 Å². The molecular weight excluding hydrogens is 256 g/mol. The number of aliphatic hydroxyl groups is 1. The molecule has 21 heavy (non-hydrogen) atoms. The first-order valence-electron chi connectivity index (χ1n) is 7.72. The summed E-state index contributed by atoms with van der Waals surface area (Å²) in [5.74, 6) is 0.558. The van der Waals surface area contributed by atoms with E-state index in [1.807, 2.05) is 36.4 Å². The van der Waals surface area contributed by atoms with Crippen molar-refractivity contribution in [3.05, 3.63) is 78.2 Å². The fourth-order valence-electron chi connectivity index (χ4n) is 2.56. The van der Waals surface area contributed by atoms with E-state index < -0.39 is 5.60 Å². The topological polar surface area (TPSA) is 20.2 Å². The molecule has 0 aromatic heterocycles. The molecule has 0 bridgehead atoms. The molecular formula is C20H25O. The average Bonchev–Trinajstić information content (AvgIpc) is 2.47. The first kappa shape index (κ1) is 15.8. The molecule has 0 fully saturated rings. The molecule has 2 aromatic carbocycles. The maximum absolute atomic E-state index is 11.1. The van der Waals surface area contributed by atoms with Crippen LogP contribution in [-0.2, 0) is 12.8 Å². The van der Waals surface area contributed by atoms with Crippen molar-refractivity contribution in [3.8, 4) is 0 Å². The fourth-order valence-corrected chi connectivity index (χ4v) is 2.56. The van der Waals surface area contributed by atoms with Gasteiger partial charge in [0.15, 0.2) is 0 Å². The third kappa shape index (κ3) is 5.35. The fraction of sp³-hybridized carbons (Fsp3) is 0.350. The molecule has 2 aromatic rings. The van der Waals surface area contributed by atoms with Crippen LogP contribution in [0.3, 0.4) is 0 Å². The molecule has 0 aliphatic rings. The van der Waals surface area contributed by atoms with Gasteiger partial charge in [0.25, 0.3) is 0 Å². The second-order valence-corrected chi connectivity index (χ2v) is 6.26. The highest BCUT2D eigenvalue weighted by Crippen LogP contribution is 2.25. The summed E-state index contributed by atoms with van der Waals surface area (Å²) in [7, 11) is 0. The first-order valence-corrected chi connectivity index (χ1v) is 7.72. The van der Waals surface area contributed by atoms with E-state index >= 15 is 0 Å². The highest BCUT2D eigenvalue weighted by Gasteiger charge is 2.28. The van der Waals surface area contributed by atoms with E-state index in [0.29, 0.717) is 18.8 Å². The van der Waals surface area contributed by atoms with Gasteiger partial charge in [0, 0.05) is 12.8 Å². The van der Waals surface area contributed by atoms with Crippen molar-refractivity contribution in [2.45, 2.75) is 38.7 Å². The van der Waals surface area contributed by atoms with Crippen LogP contribution in [-0.4, -0.2) is 10.7 Å². The van der Waals surface area contributed by atoms with Crippen molar-refractivity contribution in [1.82, 2.24) is 0 Å². The van der Waals surface area contributed by atoms with E-state index in [1.165, 1.54) is 11.1 Å².